The summed E-state index contributed by atoms with van der Waals surface area (Å²) in [7, 11) is -1.91. The molecule has 0 aliphatic carbocycles. The third-order valence-corrected chi connectivity index (χ3v) is 2.87. The molecule has 2 aromatic rings. The largest absolute Gasteiger partial charge is 0.489 e. The monoisotopic (exact) mass is 272 g/mol. The van der Waals surface area contributed by atoms with Gasteiger partial charge in [0.25, 0.3) is 5.56 Å². The third-order valence-electron chi connectivity index (χ3n) is 2.87. The van der Waals surface area contributed by atoms with Crippen molar-refractivity contribution in [2.45, 2.75) is 6.92 Å². The lowest BCUT2D eigenvalue weighted by molar-refractivity contribution is 0.425. The lowest BCUT2D eigenvalue weighted by Crippen LogP contribution is -2.32. The number of halogens is 1. The molecule has 5 nitrogen and oxygen atoms in total. The van der Waals surface area contributed by atoms with Crippen LogP contribution in [-0.2, 0) is 0 Å². The second-order valence-corrected chi connectivity index (χ2v) is 4.26. The number of aryl methyl sites for hydroxylation is 1. The first-order valence-corrected chi connectivity index (χ1v) is 5.74. The molecule has 0 aliphatic heterocycles. The van der Waals surface area contributed by atoms with Gasteiger partial charge in [0.2, 0.25) is 0 Å². The Kier molecular flexibility index (Phi) is 3.70. The van der Waals surface area contributed by atoms with Gasteiger partial charge in [-0.05, 0) is 24.5 Å². The molecular formula is C13H10BFN2O3. The van der Waals surface area contributed by atoms with E-state index in [2.05, 4.69) is 4.98 Å². The number of aromatic amines is 1. The van der Waals surface area contributed by atoms with Gasteiger partial charge in [0.15, 0.2) is 0 Å². The Morgan fingerprint density at radius 1 is 1.40 bits per heavy atom. The van der Waals surface area contributed by atoms with Crippen LogP contribution in [0, 0.1) is 24.1 Å². The summed E-state index contributed by atoms with van der Waals surface area (Å²) in [6.07, 6.45) is 0. The van der Waals surface area contributed by atoms with Crippen LogP contribution in [0.3, 0.4) is 0 Å². The van der Waals surface area contributed by atoms with Crippen LogP contribution < -0.4 is 11.0 Å². The third kappa shape index (κ3) is 2.34. The van der Waals surface area contributed by atoms with Gasteiger partial charge >= 0.3 is 7.12 Å². The van der Waals surface area contributed by atoms with Gasteiger partial charge in [0.1, 0.15) is 17.4 Å². The molecule has 0 spiro atoms. The Bertz CT molecular complexity index is 765. The van der Waals surface area contributed by atoms with Gasteiger partial charge in [0.05, 0.1) is 0 Å². The lowest BCUT2D eigenvalue weighted by Gasteiger charge is -2.12. The number of hydrogen-bond donors (Lipinski definition) is 3. The Morgan fingerprint density at radius 3 is 2.70 bits per heavy atom. The van der Waals surface area contributed by atoms with E-state index in [0.29, 0.717) is 5.69 Å². The highest BCUT2D eigenvalue weighted by Gasteiger charge is 2.23. The van der Waals surface area contributed by atoms with Crippen molar-refractivity contribution in [3.05, 3.63) is 51.7 Å². The summed E-state index contributed by atoms with van der Waals surface area (Å²) in [4.78, 5) is 14.2. The number of nitrogens with zero attached hydrogens (tertiary/aromatic N) is 1. The minimum atomic E-state index is -1.91. The average Bonchev–Trinajstić information content (AvgIpc) is 2.37. The Labute approximate surface area is 114 Å². The quantitative estimate of drug-likeness (QED) is 0.672. The van der Waals surface area contributed by atoms with Crippen molar-refractivity contribution in [3.63, 3.8) is 0 Å². The van der Waals surface area contributed by atoms with Crippen molar-refractivity contribution in [3.8, 4) is 17.2 Å². The molecule has 2 rings (SSSR count). The molecule has 0 bridgehead atoms. The van der Waals surface area contributed by atoms with E-state index in [1.54, 1.807) is 13.0 Å². The predicted octanol–water partition coefficient (Wildman–Crippen LogP) is 0.0409. The smallest absolute Gasteiger partial charge is 0.423 e. The van der Waals surface area contributed by atoms with Crippen molar-refractivity contribution in [1.82, 2.24) is 4.98 Å². The normalized spacial score (nSPS) is 10.2. The van der Waals surface area contributed by atoms with E-state index < -0.39 is 18.5 Å². The maximum Gasteiger partial charge on any atom is 0.489 e. The molecule has 0 fully saturated rings. The maximum absolute atomic E-state index is 14.0. The number of nitrogens with one attached hydrogen (secondary N) is 1. The van der Waals surface area contributed by atoms with Gasteiger partial charge in [-0.1, -0.05) is 12.1 Å². The number of pyridine rings is 1. The number of rotatable bonds is 2. The summed E-state index contributed by atoms with van der Waals surface area (Å²) < 4.78 is 14.0. The van der Waals surface area contributed by atoms with Crippen molar-refractivity contribution < 1.29 is 14.4 Å². The number of nitriles is 1. The van der Waals surface area contributed by atoms with Crippen LogP contribution in [0.5, 0.6) is 0 Å². The van der Waals surface area contributed by atoms with Crippen LogP contribution in [0.4, 0.5) is 4.39 Å². The molecule has 0 radical (unpaired) electrons. The van der Waals surface area contributed by atoms with Crippen molar-refractivity contribution in [2.75, 3.05) is 0 Å². The van der Waals surface area contributed by atoms with E-state index in [4.69, 9.17) is 5.26 Å². The molecular weight excluding hydrogens is 262 g/mol. The Morgan fingerprint density at radius 2 is 2.10 bits per heavy atom. The first kappa shape index (κ1) is 14.0. The fraction of sp³-hybridized carbons (Fsp3) is 0.0769. The van der Waals surface area contributed by atoms with Gasteiger partial charge in [-0.25, -0.2) is 4.39 Å². The predicted molar refractivity (Wildman–Crippen MR) is 71.7 cm³/mol. The van der Waals surface area contributed by atoms with E-state index in [0.717, 1.165) is 6.07 Å². The second kappa shape index (κ2) is 5.29. The van der Waals surface area contributed by atoms with Crippen LogP contribution >= 0.6 is 0 Å². The van der Waals surface area contributed by atoms with Crippen molar-refractivity contribution in [2.24, 2.45) is 0 Å². The van der Waals surface area contributed by atoms with E-state index >= 15 is 0 Å². The molecule has 3 N–H and O–H groups in total. The minimum absolute atomic E-state index is 0.0370. The SMILES string of the molecule is Cc1cc(-c2c(F)cccc2B(O)O)c(C#N)c(=O)[nH]1. The summed E-state index contributed by atoms with van der Waals surface area (Å²) in [5, 5.41) is 27.7. The molecule has 1 heterocycles. The zero-order valence-electron chi connectivity index (χ0n) is 10.5. The van der Waals surface area contributed by atoms with Gasteiger partial charge < -0.3 is 15.0 Å². The van der Waals surface area contributed by atoms with Crippen molar-refractivity contribution >= 4 is 12.6 Å². The van der Waals surface area contributed by atoms with Crippen LogP contribution in [0.25, 0.3) is 11.1 Å². The summed E-state index contributed by atoms with van der Waals surface area (Å²) in [6.45, 7) is 1.59. The molecule has 0 atom stereocenters. The molecule has 100 valence electrons. The molecule has 1 aromatic carbocycles. The molecule has 0 saturated heterocycles. The second-order valence-electron chi connectivity index (χ2n) is 4.26. The molecule has 0 saturated carbocycles. The fourth-order valence-corrected chi connectivity index (χ4v) is 2.04. The minimum Gasteiger partial charge on any atom is -0.423 e. The van der Waals surface area contributed by atoms with Crippen LogP contribution in [0.15, 0.2) is 29.1 Å². The summed E-state index contributed by atoms with van der Waals surface area (Å²) in [6, 6.07) is 6.89. The number of H-pyrrole nitrogens is 1. The van der Waals surface area contributed by atoms with Gasteiger partial charge in [0, 0.05) is 16.8 Å². The van der Waals surface area contributed by atoms with Crippen LogP contribution in [-0.4, -0.2) is 22.2 Å². The highest BCUT2D eigenvalue weighted by molar-refractivity contribution is 6.60. The van der Waals surface area contributed by atoms with E-state index in [1.165, 1.54) is 18.2 Å². The molecule has 0 amide bonds. The maximum atomic E-state index is 14.0. The first-order chi connectivity index (χ1) is 9.45. The van der Waals surface area contributed by atoms with Gasteiger partial charge in [-0.2, -0.15) is 5.26 Å². The van der Waals surface area contributed by atoms with Crippen molar-refractivity contribution in [1.29, 1.82) is 5.26 Å². The van der Waals surface area contributed by atoms with Gasteiger partial charge in [-0.15, -0.1) is 0 Å². The summed E-state index contributed by atoms with van der Waals surface area (Å²) in [5.41, 5.74) is -0.716. The fourth-order valence-electron chi connectivity index (χ4n) is 2.04. The highest BCUT2D eigenvalue weighted by atomic mass is 19.1. The first-order valence-electron chi connectivity index (χ1n) is 5.74. The van der Waals surface area contributed by atoms with E-state index in [-0.39, 0.29) is 22.2 Å². The topological polar surface area (TPSA) is 97.1 Å². The van der Waals surface area contributed by atoms with Crippen LogP contribution in [0.2, 0.25) is 0 Å². The van der Waals surface area contributed by atoms with Gasteiger partial charge in [-0.3, -0.25) is 4.79 Å². The molecule has 20 heavy (non-hydrogen) atoms. The zero-order chi connectivity index (χ0) is 14.9. The van der Waals surface area contributed by atoms with E-state index in [9.17, 15) is 19.2 Å². The molecule has 0 unspecified atom stereocenters. The molecule has 0 aliphatic rings. The standard InChI is InChI=1S/C13H10BFN2O3/c1-7-5-8(9(6-16)13(18)17-7)12-10(14(19)20)3-2-4-11(12)15/h2-5,19-20H,1H3,(H,17,18). The Balaban J connectivity index is 2.89. The molecule has 7 heteroatoms. The Hall–Kier alpha value is -2.43. The average molecular weight is 272 g/mol. The van der Waals surface area contributed by atoms with Crippen LogP contribution in [0.1, 0.15) is 11.3 Å². The number of aromatic nitrogens is 1. The number of hydrogen-bond acceptors (Lipinski definition) is 4. The summed E-state index contributed by atoms with van der Waals surface area (Å²) >= 11 is 0. The summed E-state index contributed by atoms with van der Waals surface area (Å²) in [5.74, 6) is -0.739. The molecule has 1 aromatic heterocycles. The van der Waals surface area contributed by atoms with E-state index in [1.807, 2.05) is 0 Å². The number of benzene rings is 1. The zero-order valence-corrected chi connectivity index (χ0v) is 10.5. The highest BCUT2D eigenvalue weighted by Crippen LogP contribution is 2.23. The lowest BCUT2D eigenvalue weighted by atomic mass is 9.74.